The molecular formula is C26H22ClN3O4S. The summed E-state index contributed by atoms with van der Waals surface area (Å²) in [6.45, 7) is 0.819. The summed E-state index contributed by atoms with van der Waals surface area (Å²) >= 11 is 5.97. The molecule has 0 unspecified atom stereocenters. The molecule has 1 aromatic heterocycles. The van der Waals surface area contributed by atoms with Crippen molar-refractivity contribution < 1.29 is 18.0 Å². The van der Waals surface area contributed by atoms with Gasteiger partial charge in [0, 0.05) is 48.3 Å². The van der Waals surface area contributed by atoms with Crippen molar-refractivity contribution in [1.29, 1.82) is 0 Å². The van der Waals surface area contributed by atoms with Crippen molar-refractivity contribution in [1.82, 2.24) is 13.8 Å². The van der Waals surface area contributed by atoms with E-state index < -0.39 is 10.0 Å². The predicted molar refractivity (Wildman–Crippen MR) is 134 cm³/mol. The molecule has 0 aliphatic carbocycles. The number of amides is 1. The van der Waals surface area contributed by atoms with Crippen molar-refractivity contribution in [3.8, 4) is 0 Å². The van der Waals surface area contributed by atoms with Crippen molar-refractivity contribution in [2.45, 2.75) is 4.90 Å². The molecule has 1 aliphatic heterocycles. The van der Waals surface area contributed by atoms with Crippen LogP contribution in [-0.2, 0) is 10.0 Å². The van der Waals surface area contributed by atoms with E-state index in [0.717, 1.165) is 0 Å². The zero-order valence-electron chi connectivity index (χ0n) is 18.7. The average Bonchev–Trinajstić information content (AvgIpc) is 3.28. The van der Waals surface area contributed by atoms with Crippen LogP contribution in [-0.4, -0.2) is 60.2 Å². The molecule has 0 atom stereocenters. The Labute approximate surface area is 208 Å². The zero-order valence-corrected chi connectivity index (χ0v) is 20.2. The number of piperazine rings is 1. The summed E-state index contributed by atoms with van der Waals surface area (Å²) in [5.41, 5.74) is 1.58. The molecule has 0 N–H and O–H groups in total. The fraction of sp³-hybridized carbons (Fsp3) is 0.154. The number of fused-ring (bicyclic) bond motifs is 1. The summed E-state index contributed by atoms with van der Waals surface area (Å²) in [4.78, 5) is 28.4. The molecule has 2 heterocycles. The molecular weight excluding hydrogens is 486 g/mol. The Balaban J connectivity index is 1.39. The van der Waals surface area contributed by atoms with Gasteiger partial charge in [0.25, 0.3) is 11.8 Å². The molecule has 0 saturated carbocycles. The van der Waals surface area contributed by atoms with E-state index in [9.17, 15) is 18.0 Å². The minimum absolute atomic E-state index is 0.132. The Morgan fingerprint density at radius 2 is 1.46 bits per heavy atom. The number of aromatic nitrogens is 1. The maximum absolute atomic E-state index is 13.5. The van der Waals surface area contributed by atoms with Crippen LogP contribution in [0, 0.1) is 0 Å². The molecule has 178 valence electrons. The lowest BCUT2D eigenvalue weighted by atomic mass is 10.1. The Morgan fingerprint density at radius 1 is 0.771 bits per heavy atom. The maximum Gasteiger partial charge on any atom is 0.262 e. The van der Waals surface area contributed by atoms with E-state index >= 15 is 0 Å². The van der Waals surface area contributed by atoms with Gasteiger partial charge in [0.2, 0.25) is 10.0 Å². The van der Waals surface area contributed by atoms with Gasteiger partial charge in [0.15, 0.2) is 0 Å². The highest BCUT2D eigenvalue weighted by molar-refractivity contribution is 7.89. The molecule has 35 heavy (non-hydrogen) atoms. The molecule has 5 rings (SSSR count). The molecule has 1 saturated heterocycles. The summed E-state index contributed by atoms with van der Waals surface area (Å²) in [6, 6.07) is 22.3. The Bertz CT molecular complexity index is 1520. The lowest BCUT2D eigenvalue weighted by Gasteiger charge is -2.34. The third kappa shape index (κ3) is 4.36. The van der Waals surface area contributed by atoms with Crippen LogP contribution in [0.5, 0.6) is 0 Å². The van der Waals surface area contributed by atoms with Gasteiger partial charge in [0.05, 0.1) is 16.0 Å². The minimum atomic E-state index is -3.71. The molecule has 4 aromatic rings. The van der Waals surface area contributed by atoms with Gasteiger partial charge in [-0.15, -0.1) is 0 Å². The monoisotopic (exact) mass is 507 g/mol. The molecule has 0 radical (unpaired) electrons. The average molecular weight is 508 g/mol. The van der Waals surface area contributed by atoms with Crippen LogP contribution in [0.25, 0.3) is 10.9 Å². The summed E-state index contributed by atoms with van der Waals surface area (Å²) < 4.78 is 28.9. The minimum Gasteiger partial charge on any atom is -0.336 e. The lowest BCUT2D eigenvalue weighted by molar-refractivity contribution is 0.0700. The van der Waals surface area contributed by atoms with E-state index in [4.69, 9.17) is 11.6 Å². The van der Waals surface area contributed by atoms with Crippen LogP contribution < -0.4 is 0 Å². The molecule has 9 heteroatoms. The number of sulfonamides is 1. The van der Waals surface area contributed by atoms with Crippen molar-refractivity contribution in [2.24, 2.45) is 0 Å². The van der Waals surface area contributed by atoms with Gasteiger partial charge >= 0.3 is 0 Å². The normalized spacial score (nSPS) is 14.8. The largest absolute Gasteiger partial charge is 0.336 e. The predicted octanol–water partition coefficient (Wildman–Crippen LogP) is 4.13. The Hall–Kier alpha value is -3.46. The quantitative estimate of drug-likeness (QED) is 0.416. The second kappa shape index (κ2) is 9.30. The van der Waals surface area contributed by atoms with Crippen LogP contribution in [0.4, 0.5) is 0 Å². The number of halogens is 1. The summed E-state index contributed by atoms with van der Waals surface area (Å²) in [5.74, 6) is -0.459. The molecule has 0 bridgehead atoms. The van der Waals surface area contributed by atoms with Crippen LogP contribution >= 0.6 is 11.6 Å². The first-order valence-corrected chi connectivity index (χ1v) is 12.9. The van der Waals surface area contributed by atoms with Gasteiger partial charge < -0.3 is 4.90 Å². The number of benzene rings is 3. The van der Waals surface area contributed by atoms with E-state index in [0.29, 0.717) is 27.1 Å². The fourth-order valence-corrected chi connectivity index (χ4v) is 6.04. The SMILES string of the molecule is O=C(c1cn(C(=O)c2ccccc2)c2ccccc12)N1CCN(S(=O)(=O)c2cccc(Cl)c2)CC1. The van der Waals surface area contributed by atoms with E-state index in [1.165, 1.54) is 21.0 Å². The molecule has 1 fully saturated rings. The second-order valence-electron chi connectivity index (χ2n) is 8.25. The fourth-order valence-electron chi connectivity index (χ4n) is 4.32. The number of hydrogen-bond donors (Lipinski definition) is 0. The number of rotatable bonds is 4. The smallest absolute Gasteiger partial charge is 0.262 e. The second-order valence-corrected chi connectivity index (χ2v) is 10.6. The lowest BCUT2D eigenvalue weighted by Crippen LogP contribution is -2.50. The number of para-hydroxylation sites is 1. The van der Waals surface area contributed by atoms with Gasteiger partial charge in [0.1, 0.15) is 0 Å². The first kappa shape index (κ1) is 23.3. The molecule has 7 nitrogen and oxygen atoms in total. The van der Waals surface area contributed by atoms with Gasteiger partial charge in [-0.1, -0.05) is 54.1 Å². The molecule has 1 amide bonds. The topological polar surface area (TPSA) is 79.7 Å². The summed E-state index contributed by atoms with van der Waals surface area (Å²) in [5, 5.41) is 1.03. The van der Waals surface area contributed by atoms with E-state index in [2.05, 4.69) is 0 Å². The van der Waals surface area contributed by atoms with Crippen molar-refractivity contribution in [2.75, 3.05) is 26.2 Å². The Kier molecular flexibility index (Phi) is 6.19. The standard InChI is InChI=1S/C26H22ClN3O4S/c27-20-9-6-10-21(17-20)35(33,34)29-15-13-28(14-16-29)26(32)23-18-30(24-12-5-4-11-22(23)24)25(31)19-7-2-1-3-8-19/h1-12,17-18H,13-16H2. The molecule has 3 aromatic carbocycles. The number of hydrogen-bond acceptors (Lipinski definition) is 4. The van der Waals surface area contributed by atoms with Gasteiger partial charge in [-0.25, -0.2) is 8.42 Å². The third-order valence-corrected chi connectivity index (χ3v) is 8.27. The van der Waals surface area contributed by atoms with Crippen molar-refractivity contribution in [3.63, 3.8) is 0 Å². The Morgan fingerprint density at radius 3 is 2.17 bits per heavy atom. The third-order valence-electron chi connectivity index (χ3n) is 6.14. The highest BCUT2D eigenvalue weighted by atomic mass is 35.5. The highest BCUT2D eigenvalue weighted by Crippen LogP contribution is 2.26. The van der Waals surface area contributed by atoms with Crippen LogP contribution in [0.2, 0.25) is 5.02 Å². The van der Waals surface area contributed by atoms with Crippen LogP contribution in [0.1, 0.15) is 20.7 Å². The number of carbonyl (C=O) groups is 2. The van der Waals surface area contributed by atoms with Crippen LogP contribution in [0.15, 0.2) is 90.0 Å². The van der Waals surface area contributed by atoms with Crippen molar-refractivity contribution in [3.05, 3.63) is 101 Å². The van der Waals surface area contributed by atoms with E-state index in [1.54, 1.807) is 47.5 Å². The first-order chi connectivity index (χ1) is 16.9. The van der Waals surface area contributed by atoms with Gasteiger partial charge in [-0.2, -0.15) is 4.31 Å². The molecule has 1 aliphatic rings. The maximum atomic E-state index is 13.5. The van der Waals surface area contributed by atoms with Gasteiger partial charge in [-0.3, -0.25) is 14.2 Å². The highest BCUT2D eigenvalue weighted by Gasteiger charge is 2.31. The number of nitrogens with zero attached hydrogens (tertiary/aromatic N) is 3. The van der Waals surface area contributed by atoms with Crippen molar-refractivity contribution >= 4 is 44.3 Å². The van der Waals surface area contributed by atoms with E-state index in [1.807, 2.05) is 30.3 Å². The summed E-state index contributed by atoms with van der Waals surface area (Å²) in [6.07, 6.45) is 1.58. The first-order valence-electron chi connectivity index (χ1n) is 11.1. The van der Waals surface area contributed by atoms with Crippen LogP contribution in [0.3, 0.4) is 0 Å². The zero-order chi connectivity index (χ0) is 24.6. The van der Waals surface area contributed by atoms with Gasteiger partial charge in [-0.05, 0) is 36.4 Å². The molecule has 0 spiro atoms. The van der Waals surface area contributed by atoms with E-state index in [-0.39, 0.29) is 42.9 Å². The number of carbonyl (C=O) groups excluding carboxylic acids is 2. The summed E-state index contributed by atoms with van der Waals surface area (Å²) in [7, 11) is -3.71.